The highest BCUT2D eigenvalue weighted by molar-refractivity contribution is 6.94. The highest BCUT2D eigenvalue weighted by Gasteiger charge is 2.59. The second kappa shape index (κ2) is 13.8. The maximum Gasteiger partial charge on any atom is 0.333 e. The molecule has 0 radical (unpaired) electrons. The number of rotatable bonds is 1. The predicted octanol–water partition coefficient (Wildman–Crippen LogP) is 17.7. The predicted molar refractivity (Wildman–Crippen MR) is 319 cm³/mol. The molecule has 7 aromatic carbocycles. The van der Waals surface area contributed by atoms with Crippen LogP contribution in [0, 0.1) is 6.92 Å². The van der Waals surface area contributed by atoms with E-state index in [9.17, 15) is 0 Å². The molecule has 75 heavy (non-hydrogen) atoms. The second-order valence-corrected chi connectivity index (χ2v) is 29.8. The average Bonchev–Trinajstić information content (AvgIpc) is 3.90. The van der Waals surface area contributed by atoms with Gasteiger partial charge in [-0.05, 0) is 227 Å². The van der Waals surface area contributed by atoms with Gasteiger partial charge in [-0.1, -0.05) is 164 Å². The van der Waals surface area contributed by atoms with Crippen molar-refractivity contribution in [1.29, 1.82) is 0 Å². The first-order valence-electron chi connectivity index (χ1n) is 28.9. The van der Waals surface area contributed by atoms with Gasteiger partial charge in [-0.25, -0.2) is 0 Å². The van der Waals surface area contributed by atoms with E-state index in [1.807, 2.05) is 0 Å². The molecule has 2 nitrogen and oxygen atoms in total. The molecule has 5 aliphatic carbocycles. The Bertz CT molecular complexity index is 3810. The Morgan fingerprint density at radius 1 is 0.373 bits per heavy atom. The minimum absolute atomic E-state index is 0.0119. The molecule has 0 spiro atoms. The van der Waals surface area contributed by atoms with Crippen molar-refractivity contribution in [3.05, 3.63) is 170 Å². The van der Waals surface area contributed by atoms with E-state index in [0.717, 1.165) is 0 Å². The van der Waals surface area contributed by atoms with Gasteiger partial charge in [-0.3, -0.25) is 0 Å². The van der Waals surface area contributed by atoms with Gasteiger partial charge in [0, 0.05) is 39.1 Å². The third-order valence-electron chi connectivity index (χ3n) is 22.2. The van der Waals surface area contributed by atoms with E-state index in [0.29, 0.717) is 0 Å². The summed E-state index contributed by atoms with van der Waals surface area (Å²) in [4.78, 5) is 5.79. The van der Waals surface area contributed by atoms with Gasteiger partial charge in [0.05, 0.1) is 5.69 Å². The van der Waals surface area contributed by atoms with Crippen LogP contribution in [-0.2, 0) is 43.3 Å². The molecular formula is C72H77BN2. The van der Waals surface area contributed by atoms with Crippen LogP contribution >= 0.6 is 0 Å². The maximum absolute atomic E-state index is 2.90. The quantitative estimate of drug-likeness (QED) is 0.151. The van der Waals surface area contributed by atoms with Crippen molar-refractivity contribution >= 4 is 46.2 Å². The fourth-order valence-electron chi connectivity index (χ4n) is 17.5. The van der Waals surface area contributed by atoms with Crippen molar-refractivity contribution < 1.29 is 0 Å². The molecule has 8 aliphatic rings. The largest absolute Gasteiger partial charge is 0.376 e. The van der Waals surface area contributed by atoms with Crippen LogP contribution < -0.4 is 20.6 Å². The Labute approximate surface area is 449 Å². The second-order valence-electron chi connectivity index (χ2n) is 29.8. The first-order valence-corrected chi connectivity index (χ1v) is 28.9. The summed E-state index contributed by atoms with van der Waals surface area (Å²) in [5.74, 6) is 0. The van der Waals surface area contributed by atoms with Crippen LogP contribution in [0.3, 0.4) is 0 Å². The van der Waals surface area contributed by atoms with E-state index in [1.54, 1.807) is 16.7 Å². The standard InChI is InChI=1S/C72H77BN2/c1-40-33-55-60(70(12,13)32-31-69(55,10)11)61-63(40)74-58-38-51-44(42-21-17-19-23-48(42)71(51,14)15)37-56(58)73-62-47(35-46-43-22-18-20-24-49(43)72(61,16)59(46)64(62)74)45-36-53-54(68(8,9)30-29-67(53,6)7)39-57(45)75(73)41-25-26-50-52(34-41)66(4,5)28-27-65(50,2)3/h17-26,33-39H,27-32H2,1-16H3. The van der Waals surface area contributed by atoms with Crippen molar-refractivity contribution in [3.8, 4) is 33.4 Å². The van der Waals surface area contributed by atoms with E-state index in [4.69, 9.17) is 0 Å². The van der Waals surface area contributed by atoms with Gasteiger partial charge in [0.2, 0.25) is 0 Å². The Morgan fingerprint density at radius 3 is 1.59 bits per heavy atom. The Morgan fingerprint density at radius 2 is 0.920 bits per heavy atom. The Balaban J connectivity index is 1.15. The number of hydrogen-bond acceptors (Lipinski definition) is 2. The zero-order valence-electron chi connectivity index (χ0n) is 48.0. The van der Waals surface area contributed by atoms with Crippen LogP contribution in [-0.4, -0.2) is 6.85 Å². The number of aryl methyl sites for hydroxylation is 1. The van der Waals surface area contributed by atoms with E-state index in [-0.39, 0.29) is 50.2 Å². The average molecular weight is 981 g/mol. The molecule has 3 heterocycles. The molecule has 0 N–H and O–H groups in total. The van der Waals surface area contributed by atoms with Crippen LogP contribution in [0.2, 0.25) is 0 Å². The molecule has 1 unspecified atom stereocenters. The highest BCUT2D eigenvalue weighted by Crippen LogP contribution is 2.68. The maximum atomic E-state index is 2.90. The van der Waals surface area contributed by atoms with Crippen LogP contribution in [0.25, 0.3) is 33.4 Å². The van der Waals surface area contributed by atoms with Crippen molar-refractivity contribution in [2.24, 2.45) is 0 Å². The summed E-state index contributed by atoms with van der Waals surface area (Å²) in [6.45, 7) is 40.2. The first kappa shape index (κ1) is 46.5. The van der Waals surface area contributed by atoms with Gasteiger partial charge >= 0.3 is 6.85 Å². The van der Waals surface area contributed by atoms with Crippen LogP contribution in [0.1, 0.15) is 209 Å². The van der Waals surface area contributed by atoms with E-state index < -0.39 is 0 Å². The monoisotopic (exact) mass is 981 g/mol. The summed E-state index contributed by atoms with van der Waals surface area (Å²) in [5.41, 5.74) is 35.9. The molecule has 0 bridgehead atoms. The zero-order valence-corrected chi connectivity index (χ0v) is 48.0. The van der Waals surface area contributed by atoms with E-state index >= 15 is 0 Å². The van der Waals surface area contributed by atoms with Crippen molar-refractivity contribution in [2.75, 3.05) is 9.71 Å². The van der Waals surface area contributed by atoms with Crippen molar-refractivity contribution in [3.63, 3.8) is 0 Å². The molecule has 0 amide bonds. The Kier molecular flexibility index (Phi) is 8.58. The number of hydrogen-bond donors (Lipinski definition) is 0. The number of anilines is 5. The number of benzene rings is 7. The zero-order chi connectivity index (χ0) is 52.4. The lowest BCUT2D eigenvalue weighted by Gasteiger charge is -2.54. The molecule has 15 rings (SSSR count). The van der Waals surface area contributed by atoms with Crippen molar-refractivity contribution in [2.45, 2.75) is 193 Å². The van der Waals surface area contributed by atoms with Crippen LogP contribution in [0.4, 0.5) is 28.4 Å². The Hall–Kier alpha value is -5.80. The summed E-state index contributed by atoms with van der Waals surface area (Å²) < 4.78 is 0. The van der Waals surface area contributed by atoms with Gasteiger partial charge in [-0.15, -0.1) is 0 Å². The van der Waals surface area contributed by atoms with Gasteiger partial charge in [0.1, 0.15) is 0 Å². The SMILES string of the molecule is Cc1cc2c(c3c1N1c4cc5c(cc4B4c6c(cc7c(c61)C3(C)c1ccccc1-7)-c1cc3c(cc1N4c1ccc4c(c1)C(C)(C)CCC4(C)C)C(C)(C)CCC3(C)C)-c1ccccc1C5(C)C)C(C)(C)CCC2(C)C. The molecule has 3 heteroatoms. The van der Waals surface area contributed by atoms with E-state index in [2.05, 4.69) is 224 Å². The summed E-state index contributed by atoms with van der Waals surface area (Å²) in [6, 6.07) is 43.0. The summed E-state index contributed by atoms with van der Waals surface area (Å²) in [7, 11) is 0. The molecule has 0 saturated carbocycles. The molecule has 0 aromatic heterocycles. The normalized spacial score (nSPS) is 23.3. The topological polar surface area (TPSA) is 6.48 Å². The van der Waals surface area contributed by atoms with Gasteiger partial charge in [0.15, 0.2) is 0 Å². The minimum Gasteiger partial charge on any atom is -0.376 e. The highest BCUT2D eigenvalue weighted by atomic mass is 15.2. The fourth-order valence-corrected chi connectivity index (χ4v) is 17.5. The number of fused-ring (bicyclic) bond motifs is 18. The lowest BCUT2D eigenvalue weighted by Crippen LogP contribution is -2.63. The van der Waals surface area contributed by atoms with Gasteiger partial charge in [-0.2, -0.15) is 0 Å². The molecule has 0 fully saturated rings. The lowest BCUT2D eigenvalue weighted by atomic mass is 9.41. The third kappa shape index (κ3) is 5.54. The molecule has 7 aromatic rings. The van der Waals surface area contributed by atoms with Crippen LogP contribution in [0.15, 0.2) is 103 Å². The summed E-state index contributed by atoms with van der Waals surface area (Å²) in [5, 5.41) is 0. The van der Waals surface area contributed by atoms with E-state index in [1.165, 1.54) is 161 Å². The fraction of sp³-hybridized carbons (Fsp3) is 0.417. The molecular weight excluding hydrogens is 904 g/mol. The molecule has 3 aliphatic heterocycles. The van der Waals surface area contributed by atoms with Gasteiger partial charge < -0.3 is 9.71 Å². The number of nitrogens with zero attached hydrogens (tertiary/aromatic N) is 2. The summed E-state index contributed by atoms with van der Waals surface area (Å²) >= 11 is 0. The molecule has 1 atom stereocenters. The van der Waals surface area contributed by atoms with Crippen LogP contribution in [0.5, 0.6) is 0 Å². The third-order valence-corrected chi connectivity index (χ3v) is 22.2. The first-order chi connectivity index (χ1) is 35.2. The summed E-state index contributed by atoms with van der Waals surface area (Å²) in [6.07, 6.45) is 7.10. The molecule has 378 valence electrons. The minimum atomic E-state index is -0.383. The van der Waals surface area contributed by atoms with Gasteiger partial charge in [0.25, 0.3) is 0 Å². The smallest absolute Gasteiger partial charge is 0.333 e. The lowest BCUT2D eigenvalue weighted by molar-refractivity contribution is 0.327. The molecule has 0 saturated heterocycles. The van der Waals surface area contributed by atoms with Crippen molar-refractivity contribution in [1.82, 2.24) is 0 Å².